The predicted octanol–water partition coefficient (Wildman–Crippen LogP) is 0.926. The molecule has 8 atom stereocenters. The van der Waals surface area contributed by atoms with Crippen LogP contribution in [-0.4, -0.2) is 77.4 Å². The van der Waals surface area contributed by atoms with Crippen LogP contribution in [0.25, 0.3) is 0 Å². The van der Waals surface area contributed by atoms with Crippen molar-refractivity contribution in [2.75, 3.05) is 27.3 Å². The summed E-state index contributed by atoms with van der Waals surface area (Å²) >= 11 is 0. The number of ether oxygens (including phenoxy) is 1. The van der Waals surface area contributed by atoms with Crippen molar-refractivity contribution in [3.63, 3.8) is 0 Å². The molecule has 32 heavy (non-hydrogen) atoms. The number of amides is 1. The van der Waals surface area contributed by atoms with E-state index in [9.17, 15) is 24.6 Å². The van der Waals surface area contributed by atoms with Crippen molar-refractivity contribution in [3.8, 4) is 0 Å². The zero-order valence-electron chi connectivity index (χ0n) is 19.7. The van der Waals surface area contributed by atoms with Gasteiger partial charge in [0.1, 0.15) is 11.5 Å². The first kappa shape index (κ1) is 24.9. The molecule has 0 aliphatic heterocycles. The molecule has 0 saturated heterocycles. The van der Waals surface area contributed by atoms with Crippen molar-refractivity contribution < 1.29 is 34.4 Å². The molecule has 0 radical (unpaired) electrons. The van der Waals surface area contributed by atoms with Crippen LogP contribution in [0.5, 0.6) is 0 Å². The summed E-state index contributed by atoms with van der Waals surface area (Å²) in [5.74, 6) is -2.67. The molecule has 0 bridgehead atoms. The largest absolute Gasteiger partial charge is 0.469 e. The first-order valence-corrected chi connectivity index (χ1v) is 11.5. The van der Waals surface area contributed by atoms with E-state index < -0.39 is 40.7 Å². The summed E-state index contributed by atoms with van der Waals surface area (Å²) in [6.45, 7) is 5.65. The van der Waals surface area contributed by atoms with Crippen molar-refractivity contribution in [1.82, 2.24) is 4.90 Å². The van der Waals surface area contributed by atoms with E-state index in [4.69, 9.17) is 9.84 Å². The second-order valence-electron chi connectivity index (χ2n) is 10.3. The predicted molar refractivity (Wildman–Crippen MR) is 116 cm³/mol. The molecule has 0 aromatic rings. The van der Waals surface area contributed by atoms with E-state index in [-0.39, 0.29) is 36.8 Å². The first-order valence-electron chi connectivity index (χ1n) is 11.5. The van der Waals surface area contributed by atoms with Crippen LogP contribution in [0.1, 0.15) is 46.5 Å². The number of nitrogens with zero attached hydrogens (tertiary/aromatic N) is 1. The molecule has 8 heteroatoms. The number of ketones is 1. The van der Waals surface area contributed by atoms with E-state index in [1.807, 2.05) is 13.8 Å². The minimum atomic E-state index is -1.41. The minimum Gasteiger partial charge on any atom is -0.469 e. The van der Waals surface area contributed by atoms with Gasteiger partial charge in [-0.15, -0.1) is 0 Å². The second kappa shape index (κ2) is 8.88. The van der Waals surface area contributed by atoms with Gasteiger partial charge in [-0.25, -0.2) is 0 Å². The molecule has 3 aliphatic rings. The lowest BCUT2D eigenvalue weighted by Gasteiger charge is -2.62. The third-order valence-corrected chi connectivity index (χ3v) is 8.81. The Morgan fingerprint density at radius 3 is 2.50 bits per heavy atom. The maximum Gasteiger partial charge on any atom is 0.314 e. The fourth-order valence-corrected chi connectivity index (χ4v) is 6.96. The fourth-order valence-electron chi connectivity index (χ4n) is 6.96. The van der Waals surface area contributed by atoms with Gasteiger partial charge in [0.15, 0.2) is 5.78 Å². The Balaban J connectivity index is 1.98. The number of rotatable bonds is 4. The normalized spacial score (nSPS) is 42.8. The summed E-state index contributed by atoms with van der Waals surface area (Å²) in [6.07, 6.45) is 1.57. The molecule has 0 spiro atoms. The lowest BCUT2D eigenvalue weighted by Crippen LogP contribution is -2.68. The van der Waals surface area contributed by atoms with Crippen LogP contribution < -0.4 is 0 Å². The molecule has 1 amide bonds. The molecule has 3 fully saturated rings. The molecule has 3 N–H and O–H groups in total. The van der Waals surface area contributed by atoms with Crippen LogP contribution in [-0.2, 0) is 19.1 Å². The minimum absolute atomic E-state index is 0.0332. The van der Waals surface area contributed by atoms with Gasteiger partial charge >= 0.3 is 5.97 Å². The van der Waals surface area contributed by atoms with E-state index in [0.717, 1.165) is 5.57 Å². The summed E-state index contributed by atoms with van der Waals surface area (Å²) in [5, 5.41) is 31.0. The number of fused-ring (bicyclic) bond motifs is 3. The molecule has 3 saturated carbocycles. The molecular formula is C24H37NO7. The Bertz CT molecular complexity index is 810. The summed E-state index contributed by atoms with van der Waals surface area (Å²) in [4.78, 5) is 40.3. The number of Topliss-reactive ketones (excluding diaryl/α,β-unsaturated/α-hetero) is 1. The highest BCUT2D eigenvalue weighted by atomic mass is 16.5. The average Bonchev–Trinajstić information content (AvgIpc) is 2.75. The zero-order valence-corrected chi connectivity index (χ0v) is 19.7. The Morgan fingerprint density at radius 1 is 1.25 bits per heavy atom. The molecule has 3 rings (SSSR count). The summed E-state index contributed by atoms with van der Waals surface area (Å²) in [5.41, 5.74) is -1.09. The Morgan fingerprint density at radius 2 is 1.91 bits per heavy atom. The van der Waals surface area contributed by atoms with E-state index in [2.05, 4.69) is 0 Å². The van der Waals surface area contributed by atoms with Crippen LogP contribution in [0, 0.1) is 34.5 Å². The molecule has 8 unspecified atom stereocenters. The van der Waals surface area contributed by atoms with E-state index >= 15 is 0 Å². The molecule has 3 aliphatic carbocycles. The molecule has 0 aromatic heterocycles. The van der Waals surface area contributed by atoms with Gasteiger partial charge in [0.2, 0.25) is 5.91 Å². The van der Waals surface area contributed by atoms with Gasteiger partial charge in [0.25, 0.3) is 0 Å². The second-order valence-corrected chi connectivity index (χ2v) is 10.3. The number of carbonyl (C=O) groups is 3. The number of hydrogen-bond donors (Lipinski definition) is 3. The SMILES string of the molecule is COC(=O)C1(C)C(O)CCC2(C)C3CCC(=CC(=O)N(C)CCO)C(C)C3C(O)C(=O)C21. The number of aliphatic hydroxyl groups is 3. The maximum absolute atomic E-state index is 13.6. The summed E-state index contributed by atoms with van der Waals surface area (Å²) in [7, 11) is 2.88. The van der Waals surface area contributed by atoms with Crippen LogP contribution in [0.3, 0.4) is 0 Å². The topological polar surface area (TPSA) is 124 Å². The molecule has 180 valence electrons. The van der Waals surface area contributed by atoms with Gasteiger partial charge in [-0.2, -0.15) is 0 Å². The van der Waals surface area contributed by atoms with Gasteiger partial charge in [-0.3, -0.25) is 14.4 Å². The standard InChI is InChI=1S/C24H37NO7/c1-13-14(12-17(28)25(4)10-11-26)6-7-15-18(13)19(29)20(30)21-23(15,2)9-8-16(27)24(21,3)22(31)32-5/h12-13,15-16,18-19,21,26-27,29H,6-11H2,1-5H3. The van der Waals surface area contributed by atoms with Crippen molar-refractivity contribution in [2.45, 2.75) is 58.7 Å². The third kappa shape index (κ3) is 3.60. The average molecular weight is 452 g/mol. The van der Waals surface area contributed by atoms with Crippen LogP contribution in [0.15, 0.2) is 11.6 Å². The summed E-state index contributed by atoms with van der Waals surface area (Å²) < 4.78 is 5.00. The van der Waals surface area contributed by atoms with Gasteiger partial charge in [-0.05, 0) is 49.9 Å². The fraction of sp³-hybridized carbons (Fsp3) is 0.792. The molecule has 0 aromatic carbocycles. The van der Waals surface area contributed by atoms with Crippen LogP contribution >= 0.6 is 0 Å². The monoisotopic (exact) mass is 451 g/mol. The van der Waals surface area contributed by atoms with E-state index in [1.54, 1.807) is 20.0 Å². The zero-order chi connectivity index (χ0) is 24.0. The van der Waals surface area contributed by atoms with Crippen LogP contribution in [0.4, 0.5) is 0 Å². The van der Waals surface area contributed by atoms with Crippen molar-refractivity contribution in [3.05, 3.63) is 11.6 Å². The lowest BCUT2D eigenvalue weighted by atomic mass is 9.41. The highest BCUT2D eigenvalue weighted by Crippen LogP contribution is 2.64. The van der Waals surface area contributed by atoms with E-state index in [1.165, 1.54) is 12.0 Å². The smallest absolute Gasteiger partial charge is 0.314 e. The molecule has 8 nitrogen and oxygen atoms in total. The number of likely N-dealkylation sites (N-methyl/N-ethyl adjacent to an activating group) is 1. The number of carbonyl (C=O) groups excluding carboxylic acids is 3. The molecule has 0 heterocycles. The van der Waals surface area contributed by atoms with Crippen LogP contribution in [0.2, 0.25) is 0 Å². The van der Waals surface area contributed by atoms with Crippen molar-refractivity contribution in [2.24, 2.45) is 34.5 Å². The van der Waals surface area contributed by atoms with Gasteiger partial charge < -0.3 is 25.0 Å². The number of esters is 1. The number of methoxy groups -OCH3 is 1. The highest BCUT2D eigenvalue weighted by molar-refractivity contribution is 5.94. The Hall–Kier alpha value is -1.77. The summed E-state index contributed by atoms with van der Waals surface area (Å²) in [6, 6.07) is 0. The molecular weight excluding hydrogens is 414 g/mol. The third-order valence-electron chi connectivity index (χ3n) is 8.81. The van der Waals surface area contributed by atoms with E-state index in [0.29, 0.717) is 25.7 Å². The van der Waals surface area contributed by atoms with Gasteiger partial charge in [0.05, 0.1) is 19.8 Å². The Labute approximate surface area is 189 Å². The quantitative estimate of drug-likeness (QED) is 0.429. The highest BCUT2D eigenvalue weighted by Gasteiger charge is 2.68. The number of aliphatic hydroxyl groups excluding tert-OH is 3. The first-order chi connectivity index (χ1) is 14.9. The van der Waals surface area contributed by atoms with Gasteiger partial charge in [0, 0.05) is 31.5 Å². The number of hydrogen-bond acceptors (Lipinski definition) is 7. The Kier molecular flexibility index (Phi) is 6.90. The van der Waals surface area contributed by atoms with Crippen molar-refractivity contribution >= 4 is 17.7 Å². The number of allylic oxidation sites excluding steroid dienone is 1. The maximum atomic E-state index is 13.6. The van der Waals surface area contributed by atoms with Crippen molar-refractivity contribution in [1.29, 1.82) is 0 Å². The van der Waals surface area contributed by atoms with Gasteiger partial charge in [-0.1, -0.05) is 19.4 Å². The lowest BCUT2D eigenvalue weighted by molar-refractivity contribution is -0.209.